The van der Waals surface area contributed by atoms with Gasteiger partial charge in [-0.2, -0.15) is 13.2 Å². The maximum atomic E-state index is 13.9. The predicted molar refractivity (Wildman–Crippen MR) is 92.6 cm³/mol. The minimum Gasteiger partial charge on any atom is -0.466 e. The molecule has 11 heteroatoms. The SMILES string of the molecule is COC(=O)[C@@](NC(=O)c1ccc(Cl)cc1)(Nc1ccc(Cl)cn1)C(F)(F)F. The van der Waals surface area contributed by atoms with Crippen molar-refractivity contribution < 1.29 is 27.5 Å². The molecule has 0 saturated carbocycles. The highest BCUT2D eigenvalue weighted by Gasteiger charge is 2.63. The maximum Gasteiger partial charge on any atom is 0.441 e. The monoisotopic (exact) mass is 421 g/mol. The van der Waals surface area contributed by atoms with Crippen molar-refractivity contribution in [3.8, 4) is 0 Å². The van der Waals surface area contributed by atoms with Crippen molar-refractivity contribution in [3.05, 3.63) is 58.2 Å². The van der Waals surface area contributed by atoms with Crippen LogP contribution < -0.4 is 10.6 Å². The molecule has 27 heavy (non-hydrogen) atoms. The maximum absolute atomic E-state index is 13.9. The molecule has 1 amide bonds. The van der Waals surface area contributed by atoms with E-state index in [1.807, 2.05) is 5.32 Å². The fourth-order valence-electron chi connectivity index (χ4n) is 2.03. The van der Waals surface area contributed by atoms with Crippen molar-refractivity contribution in [2.75, 3.05) is 12.4 Å². The fraction of sp³-hybridized carbons (Fsp3) is 0.188. The van der Waals surface area contributed by atoms with E-state index in [0.29, 0.717) is 0 Å². The number of alkyl halides is 3. The third kappa shape index (κ3) is 4.61. The number of amides is 1. The van der Waals surface area contributed by atoms with Gasteiger partial charge in [0.2, 0.25) is 0 Å². The van der Waals surface area contributed by atoms with E-state index in [1.54, 1.807) is 5.32 Å². The number of ether oxygens (including phenoxy) is 1. The zero-order valence-corrected chi connectivity index (χ0v) is 15.1. The molecular formula is C16H12Cl2F3N3O3. The number of carbonyl (C=O) groups excluding carboxylic acids is 2. The molecule has 2 rings (SSSR count). The van der Waals surface area contributed by atoms with Gasteiger partial charge in [0.15, 0.2) is 0 Å². The van der Waals surface area contributed by atoms with E-state index in [-0.39, 0.29) is 21.4 Å². The highest BCUT2D eigenvalue weighted by Crippen LogP contribution is 2.33. The Morgan fingerprint density at radius 3 is 2.11 bits per heavy atom. The van der Waals surface area contributed by atoms with Crippen LogP contribution in [0.4, 0.5) is 19.0 Å². The zero-order chi connectivity index (χ0) is 20.2. The molecule has 0 aliphatic rings. The van der Waals surface area contributed by atoms with Gasteiger partial charge in [0.25, 0.3) is 5.91 Å². The van der Waals surface area contributed by atoms with Crippen LogP contribution in [0.2, 0.25) is 10.0 Å². The van der Waals surface area contributed by atoms with Crippen molar-refractivity contribution in [1.29, 1.82) is 0 Å². The van der Waals surface area contributed by atoms with E-state index in [1.165, 1.54) is 30.3 Å². The molecule has 2 aromatic rings. The van der Waals surface area contributed by atoms with Crippen LogP contribution in [0.5, 0.6) is 0 Å². The summed E-state index contributed by atoms with van der Waals surface area (Å²) in [5.74, 6) is -3.33. The van der Waals surface area contributed by atoms with Gasteiger partial charge in [0, 0.05) is 16.8 Å². The van der Waals surface area contributed by atoms with Crippen LogP contribution in [0.15, 0.2) is 42.6 Å². The summed E-state index contributed by atoms with van der Waals surface area (Å²) in [4.78, 5) is 28.1. The summed E-state index contributed by atoms with van der Waals surface area (Å²) in [6, 6.07) is 7.42. The summed E-state index contributed by atoms with van der Waals surface area (Å²) < 4.78 is 45.9. The number of rotatable bonds is 5. The summed E-state index contributed by atoms with van der Waals surface area (Å²) in [6.45, 7) is 0. The van der Waals surface area contributed by atoms with Gasteiger partial charge < -0.3 is 15.4 Å². The second-order valence-electron chi connectivity index (χ2n) is 5.19. The van der Waals surface area contributed by atoms with Gasteiger partial charge in [-0.1, -0.05) is 23.2 Å². The van der Waals surface area contributed by atoms with E-state index >= 15 is 0 Å². The number of benzene rings is 1. The van der Waals surface area contributed by atoms with Gasteiger partial charge in [-0.05, 0) is 36.4 Å². The molecule has 144 valence electrons. The number of carbonyl (C=O) groups is 2. The van der Waals surface area contributed by atoms with Crippen molar-refractivity contribution in [3.63, 3.8) is 0 Å². The molecular weight excluding hydrogens is 410 g/mol. The van der Waals surface area contributed by atoms with Gasteiger partial charge in [-0.3, -0.25) is 4.79 Å². The number of aromatic nitrogens is 1. The number of methoxy groups -OCH3 is 1. The Hall–Kier alpha value is -2.52. The highest BCUT2D eigenvalue weighted by molar-refractivity contribution is 6.30. The van der Waals surface area contributed by atoms with Crippen LogP contribution in [-0.2, 0) is 9.53 Å². The topological polar surface area (TPSA) is 80.3 Å². The minimum absolute atomic E-state index is 0.150. The molecule has 0 fully saturated rings. The molecule has 0 saturated heterocycles. The third-order valence-electron chi connectivity index (χ3n) is 3.37. The van der Waals surface area contributed by atoms with E-state index in [9.17, 15) is 22.8 Å². The van der Waals surface area contributed by atoms with Crippen molar-refractivity contribution in [2.45, 2.75) is 11.8 Å². The van der Waals surface area contributed by atoms with Crippen LogP contribution in [0.3, 0.4) is 0 Å². The van der Waals surface area contributed by atoms with Gasteiger partial charge in [0.1, 0.15) is 5.82 Å². The van der Waals surface area contributed by atoms with Crippen molar-refractivity contribution in [2.24, 2.45) is 0 Å². The first kappa shape index (κ1) is 20.8. The number of nitrogens with zero attached hydrogens (tertiary/aromatic N) is 1. The average molecular weight is 422 g/mol. The molecule has 1 aromatic heterocycles. The molecule has 0 aliphatic heterocycles. The highest BCUT2D eigenvalue weighted by atomic mass is 35.5. The Bertz CT molecular complexity index is 830. The quantitative estimate of drug-likeness (QED) is 0.568. The minimum atomic E-state index is -5.27. The molecule has 0 aliphatic carbocycles. The molecule has 0 radical (unpaired) electrons. The first-order chi connectivity index (χ1) is 12.6. The van der Waals surface area contributed by atoms with E-state index in [4.69, 9.17) is 23.2 Å². The third-order valence-corrected chi connectivity index (χ3v) is 3.84. The van der Waals surface area contributed by atoms with Crippen LogP contribution >= 0.6 is 23.2 Å². The Labute approximate surface area is 161 Å². The standard InChI is InChI=1S/C16H12Cl2F3N3O3/c1-27-14(26)15(16(19,20)21,23-12-7-6-11(18)8-22-12)24-13(25)9-2-4-10(17)5-3-9/h2-8H,1H3,(H,22,23)(H,24,25)/t15-/m0/s1. The van der Waals surface area contributed by atoms with Crippen LogP contribution in [0.25, 0.3) is 0 Å². The molecule has 0 spiro atoms. The number of halogens is 5. The normalized spacial score (nSPS) is 13.4. The summed E-state index contributed by atoms with van der Waals surface area (Å²) in [5, 5.41) is 4.00. The summed E-state index contributed by atoms with van der Waals surface area (Å²) >= 11 is 11.4. The Morgan fingerprint density at radius 2 is 1.63 bits per heavy atom. The summed E-state index contributed by atoms with van der Waals surface area (Å²) in [5.41, 5.74) is -3.73. The lowest BCUT2D eigenvalue weighted by Crippen LogP contribution is -2.69. The zero-order valence-electron chi connectivity index (χ0n) is 13.6. The number of nitrogens with one attached hydrogen (secondary N) is 2. The molecule has 1 atom stereocenters. The molecule has 2 N–H and O–H groups in total. The van der Waals surface area contributed by atoms with Gasteiger partial charge in [0.05, 0.1) is 12.1 Å². The van der Waals surface area contributed by atoms with Gasteiger partial charge in [-0.25, -0.2) is 9.78 Å². The molecule has 0 unspecified atom stereocenters. The molecule has 6 nitrogen and oxygen atoms in total. The average Bonchev–Trinajstić information content (AvgIpc) is 2.61. The van der Waals surface area contributed by atoms with Crippen LogP contribution in [0, 0.1) is 0 Å². The number of pyridine rings is 1. The van der Waals surface area contributed by atoms with Crippen LogP contribution in [0.1, 0.15) is 10.4 Å². The lowest BCUT2D eigenvalue weighted by Gasteiger charge is -2.34. The molecule has 1 aromatic carbocycles. The van der Waals surface area contributed by atoms with E-state index in [0.717, 1.165) is 19.4 Å². The largest absolute Gasteiger partial charge is 0.466 e. The Kier molecular flexibility index (Phi) is 6.17. The lowest BCUT2D eigenvalue weighted by atomic mass is 10.1. The first-order valence-electron chi connectivity index (χ1n) is 7.22. The first-order valence-corrected chi connectivity index (χ1v) is 7.97. The van der Waals surface area contributed by atoms with Crippen molar-refractivity contribution >= 4 is 40.9 Å². The van der Waals surface area contributed by atoms with Gasteiger partial charge >= 0.3 is 17.8 Å². The van der Waals surface area contributed by atoms with Crippen molar-refractivity contribution in [1.82, 2.24) is 10.3 Å². The fourth-order valence-corrected chi connectivity index (χ4v) is 2.27. The number of hydrogen-bond acceptors (Lipinski definition) is 5. The Morgan fingerprint density at radius 1 is 1.04 bits per heavy atom. The Balaban J connectivity index is 2.46. The lowest BCUT2D eigenvalue weighted by molar-refractivity contribution is -0.203. The van der Waals surface area contributed by atoms with E-state index in [2.05, 4.69) is 9.72 Å². The van der Waals surface area contributed by atoms with E-state index < -0.39 is 23.7 Å². The number of anilines is 1. The number of hydrogen-bond donors (Lipinski definition) is 2. The molecule has 1 heterocycles. The number of esters is 1. The summed E-state index contributed by atoms with van der Waals surface area (Å²) in [6.07, 6.45) is -4.20. The smallest absolute Gasteiger partial charge is 0.441 e. The second kappa shape index (κ2) is 8.01. The predicted octanol–water partition coefficient (Wildman–Crippen LogP) is 3.66. The van der Waals surface area contributed by atoms with Gasteiger partial charge in [-0.15, -0.1) is 0 Å². The summed E-state index contributed by atoms with van der Waals surface area (Å²) in [7, 11) is 0.758. The molecule has 0 bridgehead atoms. The second-order valence-corrected chi connectivity index (χ2v) is 6.06. The van der Waals surface area contributed by atoms with Crippen LogP contribution in [-0.4, -0.2) is 35.8 Å².